The Morgan fingerprint density at radius 1 is 1.21 bits per heavy atom. The molecule has 1 aliphatic heterocycles. The van der Waals surface area contributed by atoms with E-state index in [2.05, 4.69) is 32.4 Å². The van der Waals surface area contributed by atoms with Crippen LogP contribution >= 0.6 is 34.9 Å². The van der Waals surface area contributed by atoms with Crippen molar-refractivity contribution < 1.29 is 4.79 Å². The number of thioether (sulfide) groups is 2. The van der Waals surface area contributed by atoms with Crippen LogP contribution in [0.2, 0.25) is 0 Å². The number of rotatable bonds is 10. The van der Waals surface area contributed by atoms with Gasteiger partial charge in [-0.15, -0.1) is 10.2 Å². The molecule has 0 radical (unpaired) electrons. The molecule has 136 valence electrons. The summed E-state index contributed by atoms with van der Waals surface area (Å²) in [7, 11) is 2.19. The van der Waals surface area contributed by atoms with Crippen LogP contribution in [0.3, 0.4) is 0 Å². The van der Waals surface area contributed by atoms with Gasteiger partial charge in [-0.05, 0) is 26.4 Å². The molecule has 9 heteroatoms. The Labute approximate surface area is 157 Å². The Kier molecular flexibility index (Phi) is 9.40. The quantitative estimate of drug-likeness (QED) is 0.484. The number of carbonyl (C=O) groups excluding carboxylic acids is 1. The zero-order valence-electron chi connectivity index (χ0n) is 14.5. The van der Waals surface area contributed by atoms with Gasteiger partial charge in [0.2, 0.25) is 5.91 Å². The molecule has 0 unspecified atom stereocenters. The second-order valence-corrected chi connectivity index (χ2v) is 9.36. The second-order valence-electron chi connectivity index (χ2n) is 5.82. The normalized spacial score (nSPS) is 16.4. The highest BCUT2D eigenvalue weighted by Crippen LogP contribution is 2.28. The molecule has 0 aromatic carbocycles. The van der Waals surface area contributed by atoms with E-state index < -0.39 is 0 Å². The van der Waals surface area contributed by atoms with E-state index in [1.54, 1.807) is 23.1 Å². The average molecular weight is 390 g/mol. The molecule has 2 rings (SSSR count). The highest BCUT2D eigenvalue weighted by molar-refractivity contribution is 8.03. The molecule has 0 atom stereocenters. The smallest absolute Gasteiger partial charge is 0.230 e. The number of carbonyl (C=O) groups is 1. The first-order valence-electron chi connectivity index (χ1n) is 8.44. The Hall–Kier alpha value is -0.350. The maximum absolute atomic E-state index is 11.6. The summed E-state index contributed by atoms with van der Waals surface area (Å²) in [6.45, 7) is 8.67. The van der Waals surface area contributed by atoms with Gasteiger partial charge in [-0.1, -0.05) is 41.8 Å². The number of amides is 1. The van der Waals surface area contributed by atoms with E-state index in [0.29, 0.717) is 5.75 Å². The second kappa shape index (κ2) is 11.3. The number of aromatic nitrogens is 2. The monoisotopic (exact) mass is 389 g/mol. The number of nitrogens with one attached hydrogen (secondary N) is 1. The lowest BCUT2D eigenvalue weighted by Gasteiger charge is -2.32. The van der Waals surface area contributed by atoms with Crippen LogP contribution < -0.4 is 5.32 Å². The van der Waals surface area contributed by atoms with E-state index in [1.165, 1.54) is 50.9 Å². The van der Waals surface area contributed by atoms with Crippen LogP contribution in [0.15, 0.2) is 8.68 Å². The predicted octanol–water partition coefficient (Wildman–Crippen LogP) is 1.89. The molecular formula is C15H27N5OS3. The van der Waals surface area contributed by atoms with Gasteiger partial charge in [0.05, 0.1) is 5.75 Å². The standard InChI is InChI=1S/C15H27N5OS3/c1-3-5-16-13(21)12-23-15-18-17-14(24-15)22-11-4-6-20-9-7-19(2)8-10-20/h3-12H2,1-2H3,(H,16,21). The van der Waals surface area contributed by atoms with E-state index in [9.17, 15) is 4.79 Å². The van der Waals surface area contributed by atoms with E-state index >= 15 is 0 Å². The van der Waals surface area contributed by atoms with E-state index in [1.807, 2.05) is 6.92 Å². The van der Waals surface area contributed by atoms with Crippen LogP contribution in [0.5, 0.6) is 0 Å². The summed E-state index contributed by atoms with van der Waals surface area (Å²) < 4.78 is 1.88. The molecule has 1 saturated heterocycles. The third-order valence-corrected chi connectivity index (χ3v) is 7.00. The molecule has 2 heterocycles. The van der Waals surface area contributed by atoms with Crippen molar-refractivity contribution in [2.75, 3.05) is 57.8 Å². The van der Waals surface area contributed by atoms with Gasteiger partial charge in [0, 0.05) is 38.5 Å². The molecule has 0 saturated carbocycles. The lowest BCUT2D eigenvalue weighted by atomic mass is 10.3. The molecule has 1 aliphatic rings. The Balaban J connectivity index is 1.57. The lowest BCUT2D eigenvalue weighted by Crippen LogP contribution is -2.44. The van der Waals surface area contributed by atoms with Gasteiger partial charge in [0.25, 0.3) is 0 Å². The first kappa shape index (κ1) is 20.0. The molecular weight excluding hydrogens is 362 g/mol. The summed E-state index contributed by atoms with van der Waals surface area (Å²) >= 11 is 4.83. The zero-order chi connectivity index (χ0) is 17.2. The minimum atomic E-state index is 0.0680. The van der Waals surface area contributed by atoms with Gasteiger partial charge < -0.3 is 15.1 Å². The Morgan fingerprint density at radius 3 is 2.62 bits per heavy atom. The van der Waals surface area contributed by atoms with Crippen molar-refractivity contribution in [3.63, 3.8) is 0 Å². The predicted molar refractivity (Wildman–Crippen MR) is 103 cm³/mol. The molecule has 0 aliphatic carbocycles. The lowest BCUT2D eigenvalue weighted by molar-refractivity contribution is -0.118. The van der Waals surface area contributed by atoms with Crippen LogP contribution in [-0.4, -0.2) is 83.7 Å². The van der Waals surface area contributed by atoms with Crippen molar-refractivity contribution >= 4 is 40.8 Å². The summed E-state index contributed by atoms with van der Waals surface area (Å²) in [6.07, 6.45) is 2.14. The Morgan fingerprint density at radius 2 is 1.92 bits per heavy atom. The summed E-state index contributed by atoms with van der Waals surface area (Å²) in [4.78, 5) is 16.5. The van der Waals surface area contributed by atoms with Gasteiger partial charge >= 0.3 is 0 Å². The van der Waals surface area contributed by atoms with Gasteiger partial charge in [-0.3, -0.25) is 4.79 Å². The minimum Gasteiger partial charge on any atom is -0.355 e. The van der Waals surface area contributed by atoms with Crippen LogP contribution in [0.1, 0.15) is 19.8 Å². The maximum atomic E-state index is 11.6. The van der Waals surface area contributed by atoms with Gasteiger partial charge in [-0.2, -0.15) is 0 Å². The third-order valence-electron chi connectivity index (χ3n) is 3.73. The first-order chi connectivity index (χ1) is 11.7. The number of hydrogen-bond donors (Lipinski definition) is 1. The van der Waals surface area contributed by atoms with Crippen molar-refractivity contribution in [1.29, 1.82) is 0 Å². The van der Waals surface area contributed by atoms with Crippen molar-refractivity contribution in [1.82, 2.24) is 25.3 Å². The topological polar surface area (TPSA) is 61.4 Å². The van der Waals surface area contributed by atoms with E-state index in [0.717, 1.165) is 27.4 Å². The molecule has 24 heavy (non-hydrogen) atoms. The van der Waals surface area contributed by atoms with E-state index in [4.69, 9.17) is 0 Å². The van der Waals surface area contributed by atoms with Crippen LogP contribution in [-0.2, 0) is 4.79 Å². The number of hydrogen-bond acceptors (Lipinski definition) is 8. The van der Waals surface area contributed by atoms with Crippen molar-refractivity contribution in [3.8, 4) is 0 Å². The highest BCUT2D eigenvalue weighted by atomic mass is 32.2. The molecule has 6 nitrogen and oxygen atoms in total. The third kappa shape index (κ3) is 7.69. The summed E-state index contributed by atoms with van der Waals surface area (Å²) in [5.74, 6) is 1.56. The molecule has 1 N–H and O–H groups in total. The van der Waals surface area contributed by atoms with Crippen LogP contribution in [0, 0.1) is 0 Å². The SMILES string of the molecule is CCCNC(=O)CSc1nnc(SCCCN2CCN(C)CC2)s1. The first-order valence-corrected chi connectivity index (χ1v) is 11.2. The number of piperazine rings is 1. The van der Waals surface area contributed by atoms with Crippen molar-refractivity contribution in [2.24, 2.45) is 0 Å². The largest absolute Gasteiger partial charge is 0.355 e. The summed E-state index contributed by atoms with van der Waals surface area (Å²) in [5.41, 5.74) is 0. The average Bonchev–Trinajstić information content (AvgIpc) is 3.04. The summed E-state index contributed by atoms with van der Waals surface area (Å²) in [5, 5.41) is 11.2. The zero-order valence-corrected chi connectivity index (χ0v) is 16.9. The minimum absolute atomic E-state index is 0.0680. The molecule has 0 spiro atoms. The molecule has 1 amide bonds. The molecule has 1 aromatic rings. The molecule has 0 bridgehead atoms. The summed E-state index contributed by atoms with van der Waals surface area (Å²) in [6, 6.07) is 0. The molecule has 1 fully saturated rings. The fourth-order valence-corrected chi connectivity index (χ4v) is 5.12. The van der Waals surface area contributed by atoms with Crippen molar-refractivity contribution in [3.05, 3.63) is 0 Å². The van der Waals surface area contributed by atoms with E-state index in [-0.39, 0.29) is 5.91 Å². The van der Waals surface area contributed by atoms with Crippen LogP contribution in [0.4, 0.5) is 0 Å². The van der Waals surface area contributed by atoms with Gasteiger partial charge in [-0.25, -0.2) is 0 Å². The van der Waals surface area contributed by atoms with Crippen molar-refractivity contribution in [2.45, 2.75) is 28.4 Å². The number of nitrogens with zero attached hydrogens (tertiary/aromatic N) is 4. The fraction of sp³-hybridized carbons (Fsp3) is 0.800. The van der Waals surface area contributed by atoms with Crippen LogP contribution in [0.25, 0.3) is 0 Å². The highest BCUT2D eigenvalue weighted by Gasteiger charge is 2.13. The van der Waals surface area contributed by atoms with Gasteiger partial charge in [0.1, 0.15) is 0 Å². The maximum Gasteiger partial charge on any atom is 0.230 e. The van der Waals surface area contributed by atoms with Gasteiger partial charge in [0.15, 0.2) is 8.68 Å². The Bertz CT molecular complexity index is 491. The fourth-order valence-electron chi connectivity index (χ4n) is 2.28. The molecule has 1 aromatic heterocycles. The number of likely N-dealkylation sites (N-methyl/N-ethyl adjacent to an activating group) is 1.